The highest BCUT2D eigenvalue weighted by molar-refractivity contribution is 14.0. The Bertz CT molecular complexity index is 639. The summed E-state index contributed by atoms with van der Waals surface area (Å²) in [6, 6.07) is 0.357. The van der Waals surface area contributed by atoms with Gasteiger partial charge in [-0.2, -0.15) is 0 Å². The Balaban J connectivity index is 0.00000392. The van der Waals surface area contributed by atoms with Gasteiger partial charge in [-0.25, -0.2) is 9.98 Å². The molecule has 1 aliphatic heterocycles. The van der Waals surface area contributed by atoms with E-state index in [-0.39, 0.29) is 35.3 Å². The van der Waals surface area contributed by atoms with Crippen molar-refractivity contribution in [3.63, 3.8) is 0 Å². The number of halogens is 1. The number of rotatable bonds is 6. The summed E-state index contributed by atoms with van der Waals surface area (Å²) in [5, 5.41) is 6.43. The van der Waals surface area contributed by atoms with E-state index < -0.39 is 0 Å². The molecule has 0 saturated carbocycles. The lowest BCUT2D eigenvalue weighted by molar-refractivity contribution is -0.134. The highest BCUT2D eigenvalue weighted by atomic mass is 127. The summed E-state index contributed by atoms with van der Waals surface area (Å²) < 4.78 is 5.78. The van der Waals surface area contributed by atoms with Crippen LogP contribution in [0.4, 0.5) is 0 Å². The molecule has 0 aliphatic carbocycles. The van der Waals surface area contributed by atoms with Crippen LogP contribution < -0.4 is 10.6 Å². The number of oxazole rings is 1. The average Bonchev–Trinajstić information content (AvgIpc) is 3.09. The third-order valence-electron chi connectivity index (χ3n) is 4.76. The first kappa shape index (κ1) is 24.7. The molecule has 160 valence electrons. The monoisotopic (exact) mass is 505 g/mol. The standard InChI is InChI=1S/C20H35N5O2.HI/c1-6-21-19(24-14-17-23-13-16(27-17)20(3,4)5)22-11-10-18(26)25-12-8-7-9-15(25)2;/h13,15H,6-12,14H2,1-5H3,(H2,21,22,24);1H. The molecule has 1 aromatic heterocycles. The first-order chi connectivity index (χ1) is 12.8. The summed E-state index contributed by atoms with van der Waals surface area (Å²) in [6.07, 6.45) is 5.68. The molecule has 0 aromatic carbocycles. The van der Waals surface area contributed by atoms with Crippen LogP contribution in [0.3, 0.4) is 0 Å². The van der Waals surface area contributed by atoms with Gasteiger partial charge in [0.2, 0.25) is 11.8 Å². The maximum atomic E-state index is 12.4. The highest BCUT2D eigenvalue weighted by Gasteiger charge is 2.22. The second-order valence-electron chi connectivity index (χ2n) is 8.17. The molecule has 2 rings (SSSR count). The molecule has 8 heteroatoms. The molecule has 1 amide bonds. The van der Waals surface area contributed by atoms with Crippen molar-refractivity contribution in [1.82, 2.24) is 20.5 Å². The average molecular weight is 505 g/mol. The molecule has 0 bridgehead atoms. The number of hydrogen-bond acceptors (Lipinski definition) is 4. The molecule has 2 N–H and O–H groups in total. The van der Waals surface area contributed by atoms with E-state index in [2.05, 4.69) is 48.3 Å². The maximum absolute atomic E-state index is 12.4. The largest absolute Gasteiger partial charge is 0.443 e. The Hall–Kier alpha value is -1.32. The van der Waals surface area contributed by atoms with E-state index in [0.717, 1.165) is 31.7 Å². The number of amides is 1. The molecule has 1 atom stereocenters. The molecule has 1 saturated heterocycles. The van der Waals surface area contributed by atoms with E-state index in [9.17, 15) is 4.79 Å². The number of carbonyl (C=O) groups excluding carboxylic acids is 1. The van der Waals surface area contributed by atoms with Crippen molar-refractivity contribution in [2.75, 3.05) is 19.6 Å². The van der Waals surface area contributed by atoms with Crippen LogP contribution in [0.25, 0.3) is 0 Å². The van der Waals surface area contributed by atoms with Crippen LogP contribution in [-0.4, -0.2) is 47.4 Å². The second kappa shape index (κ2) is 11.6. The maximum Gasteiger partial charge on any atom is 0.224 e. The number of aromatic nitrogens is 1. The number of likely N-dealkylation sites (tertiary alicyclic amines) is 1. The number of nitrogens with zero attached hydrogens (tertiary/aromatic N) is 3. The van der Waals surface area contributed by atoms with E-state index in [4.69, 9.17) is 4.42 Å². The van der Waals surface area contributed by atoms with Gasteiger partial charge < -0.3 is 20.0 Å². The van der Waals surface area contributed by atoms with Gasteiger partial charge in [0.15, 0.2) is 5.96 Å². The third kappa shape index (κ3) is 7.60. The zero-order valence-corrected chi connectivity index (χ0v) is 20.2. The van der Waals surface area contributed by atoms with Crippen LogP contribution in [-0.2, 0) is 16.8 Å². The van der Waals surface area contributed by atoms with Gasteiger partial charge >= 0.3 is 0 Å². The summed E-state index contributed by atoms with van der Waals surface area (Å²) in [4.78, 5) is 23.3. The van der Waals surface area contributed by atoms with Gasteiger partial charge in [0.1, 0.15) is 12.3 Å². The van der Waals surface area contributed by atoms with Crippen molar-refractivity contribution in [2.24, 2.45) is 4.99 Å². The van der Waals surface area contributed by atoms with Crippen molar-refractivity contribution in [3.05, 3.63) is 17.8 Å². The highest BCUT2D eigenvalue weighted by Crippen LogP contribution is 2.22. The van der Waals surface area contributed by atoms with Gasteiger partial charge in [-0.3, -0.25) is 4.79 Å². The van der Waals surface area contributed by atoms with Crippen molar-refractivity contribution >= 4 is 35.8 Å². The third-order valence-corrected chi connectivity index (χ3v) is 4.76. The molecule has 1 fully saturated rings. The summed E-state index contributed by atoms with van der Waals surface area (Å²) in [7, 11) is 0. The SMILES string of the molecule is CCNC(=NCc1ncc(C(C)(C)C)o1)NCCC(=O)N1CCCCC1C.I. The lowest BCUT2D eigenvalue weighted by Gasteiger charge is -2.33. The smallest absolute Gasteiger partial charge is 0.224 e. The summed E-state index contributed by atoms with van der Waals surface area (Å²) in [6.45, 7) is 13.0. The number of aliphatic imine (C=N–C) groups is 1. The minimum absolute atomic E-state index is 0. The quantitative estimate of drug-likeness (QED) is 0.352. The number of hydrogen-bond donors (Lipinski definition) is 2. The molecule has 1 aliphatic rings. The van der Waals surface area contributed by atoms with Crippen LogP contribution in [0, 0.1) is 0 Å². The molecule has 7 nitrogen and oxygen atoms in total. The summed E-state index contributed by atoms with van der Waals surface area (Å²) >= 11 is 0. The van der Waals surface area contributed by atoms with Gasteiger partial charge in [0.05, 0.1) is 6.20 Å². The van der Waals surface area contributed by atoms with Gasteiger partial charge in [-0.05, 0) is 33.1 Å². The topological polar surface area (TPSA) is 82.8 Å². The Kier molecular flexibility index (Phi) is 10.3. The lowest BCUT2D eigenvalue weighted by Crippen LogP contribution is -2.44. The van der Waals surface area contributed by atoms with Gasteiger partial charge in [-0.1, -0.05) is 20.8 Å². The van der Waals surface area contributed by atoms with Gasteiger partial charge in [0, 0.05) is 37.5 Å². The molecule has 0 spiro atoms. The second-order valence-corrected chi connectivity index (χ2v) is 8.17. The molecular weight excluding hydrogens is 469 g/mol. The van der Waals surface area contributed by atoms with Crippen molar-refractivity contribution in [1.29, 1.82) is 0 Å². The van der Waals surface area contributed by atoms with Crippen molar-refractivity contribution in [2.45, 2.75) is 78.3 Å². The summed E-state index contributed by atoms with van der Waals surface area (Å²) in [5.74, 6) is 2.34. The number of carbonyl (C=O) groups is 1. The Labute approximate surface area is 186 Å². The fourth-order valence-electron chi connectivity index (χ4n) is 3.12. The van der Waals surface area contributed by atoms with E-state index in [0.29, 0.717) is 37.4 Å². The lowest BCUT2D eigenvalue weighted by atomic mass is 9.94. The minimum Gasteiger partial charge on any atom is -0.443 e. The van der Waals surface area contributed by atoms with Gasteiger partial charge in [0.25, 0.3) is 0 Å². The van der Waals surface area contributed by atoms with E-state index >= 15 is 0 Å². The normalized spacial score (nSPS) is 17.8. The van der Waals surface area contributed by atoms with Crippen molar-refractivity contribution in [3.8, 4) is 0 Å². The first-order valence-electron chi connectivity index (χ1n) is 10.1. The molecular formula is C20H36IN5O2. The van der Waals surface area contributed by atoms with Crippen molar-refractivity contribution < 1.29 is 9.21 Å². The first-order valence-corrected chi connectivity index (χ1v) is 10.1. The molecule has 1 unspecified atom stereocenters. The molecule has 28 heavy (non-hydrogen) atoms. The van der Waals surface area contributed by atoms with Crippen LogP contribution >= 0.6 is 24.0 Å². The predicted molar refractivity (Wildman–Crippen MR) is 123 cm³/mol. The fraction of sp³-hybridized carbons (Fsp3) is 0.750. The Morgan fingerprint density at radius 2 is 2.11 bits per heavy atom. The number of guanidine groups is 1. The number of piperidine rings is 1. The fourth-order valence-corrected chi connectivity index (χ4v) is 3.12. The van der Waals surface area contributed by atoms with E-state index in [1.165, 1.54) is 6.42 Å². The minimum atomic E-state index is -0.0658. The van der Waals surface area contributed by atoms with Crippen LogP contribution in [0.5, 0.6) is 0 Å². The Morgan fingerprint density at radius 3 is 2.71 bits per heavy atom. The zero-order chi connectivity index (χ0) is 19.9. The molecule has 2 heterocycles. The van der Waals surface area contributed by atoms with E-state index in [1.54, 1.807) is 6.20 Å². The van der Waals surface area contributed by atoms with Crippen LogP contribution in [0.2, 0.25) is 0 Å². The molecule has 0 radical (unpaired) electrons. The van der Waals surface area contributed by atoms with E-state index in [1.807, 2.05) is 11.8 Å². The Morgan fingerprint density at radius 1 is 1.36 bits per heavy atom. The van der Waals surface area contributed by atoms with Gasteiger partial charge in [-0.15, -0.1) is 24.0 Å². The summed E-state index contributed by atoms with van der Waals surface area (Å²) in [5.41, 5.74) is -0.0658. The van der Waals surface area contributed by atoms with Crippen LogP contribution in [0.15, 0.2) is 15.6 Å². The number of nitrogens with one attached hydrogen (secondary N) is 2. The predicted octanol–water partition coefficient (Wildman–Crippen LogP) is 3.44. The van der Waals surface area contributed by atoms with Crippen LogP contribution in [0.1, 0.15) is 72.0 Å². The zero-order valence-electron chi connectivity index (χ0n) is 17.9. The molecule has 1 aromatic rings.